The molecule has 2 rings (SSSR count). The zero-order valence-corrected chi connectivity index (χ0v) is 12.5. The van der Waals surface area contributed by atoms with Crippen LogP contribution in [-0.2, 0) is 10.0 Å². The summed E-state index contributed by atoms with van der Waals surface area (Å²) < 4.78 is 44.5. The molecule has 1 aromatic carbocycles. The van der Waals surface area contributed by atoms with Crippen molar-refractivity contribution < 1.29 is 22.0 Å². The Kier molecular flexibility index (Phi) is 4.01. The Labute approximate surface area is 126 Å². The van der Waals surface area contributed by atoms with E-state index in [1.807, 2.05) is 0 Å². The van der Waals surface area contributed by atoms with Gasteiger partial charge in [0.15, 0.2) is 5.78 Å². The van der Waals surface area contributed by atoms with Gasteiger partial charge in [0.25, 0.3) is 10.0 Å². The van der Waals surface area contributed by atoms with E-state index in [0.717, 1.165) is 24.3 Å². The fourth-order valence-electron chi connectivity index (χ4n) is 1.94. The van der Waals surface area contributed by atoms with E-state index < -0.39 is 21.6 Å². The highest BCUT2D eigenvalue weighted by Gasteiger charge is 2.25. The number of nitrogens with zero attached hydrogens (tertiary/aromatic N) is 1. The Hall–Kier alpha value is -2.66. The van der Waals surface area contributed by atoms with Gasteiger partial charge in [-0.3, -0.25) is 4.79 Å². The molecule has 0 saturated carbocycles. The number of nitriles is 1. The summed E-state index contributed by atoms with van der Waals surface area (Å²) in [5.41, 5.74) is -0.157. The topological polar surface area (TPSA) is 100 Å². The molecule has 0 amide bonds. The first-order valence-corrected chi connectivity index (χ1v) is 7.57. The number of carbonyl (C=O) groups is 1. The fraction of sp³-hybridized carbons (Fsp3) is 0.143. The number of sulfonamides is 1. The Morgan fingerprint density at radius 2 is 1.91 bits per heavy atom. The normalized spacial score (nSPS) is 11.0. The lowest BCUT2D eigenvalue weighted by Crippen LogP contribution is -2.13. The van der Waals surface area contributed by atoms with Crippen LogP contribution in [0.15, 0.2) is 33.6 Å². The smallest absolute Gasteiger partial charge is 0.264 e. The van der Waals surface area contributed by atoms with Crippen molar-refractivity contribution in [3.63, 3.8) is 0 Å². The molecular formula is C14H11FN2O4S. The first kappa shape index (κ1) is 15.7. The number of carbonyl (C=O) groups excluding carboxylic acids is 1. The third-order valence-corrected chi connectivity index (χ3v) is 4.25. The van der Waals surface area contributed by atoms with Gasteiger partial charge in [-0.25, -0.2) is 17.5 Å². The van der Waals surface area contributed by atoms with Crippen LogP contribution in [0.25, 0.3) is 0 Å². The molecule has 0 spiro atoms. The quantitative estimate of drug-likeness (QED) is 0.872. The van der Waals surface area contributed by atoms with Gasteiger partial charge in [-0.05, 0) is 38.1 Å². The minimum atomic E-state index is -4.06. The van der Waals surface area contributed by atoms with Crippen molar-refractivity contribution in [3.05, 3.63) is 47.0 Å². The first-order chi connectivity index (χ1) is 10.3. The zero-order chi connectivity index (χ0) is 16.5. The molecule has 2 aromatic rings. The Morgan fingerprint density at radius 3 is 2.41 bits per heavy atom. The average Bonchev–Trinajstić information content (AvgIpc) is 2.74. The van der Waals surface area contributed by atoms with Crippen molar-refractivity contribution >= 4 is 21.7 Å². The maximum absolute atomic E-state index is 12.9. The maximum Gasteiger partial charge on any atom is 0.264 e. The van der Waals surface area contributed by atoms with Crippen molar-refractivity contribution in [3.8, 4) is 6.07 Å². The monoisotopic (exact) mass is 322 g/mol. The van der Waals surface area contributed by atoms with Crippen LogP contribution in [0, 0.1) is 24.1 Å². The lowest BCUT2D eigenvalue weighted by Gasteiger charge is -2.05. The van der Waals surface area contributed by atoms with E-state index in [1.54, 1.807) is 6.07 Å². The molecule has 0 atom stereocenters. The minimum absolute atomic E-state index is 0.0271. The number of benzene rings is 1. The van der Waals surface area contributed by atoms with E-state index >= 15 is 0 Å². The van der Waals surface area contributed by atoms with Gasteiger partial charge in [0.2, 0.25) is 5.88 Å². The van der Waals surface area contributed by atoms with Crippen molar-refractivity contribution in [2.75, 3.05) is 4.72 Å². The van der Waals surface area contributed by atoms with Gasteiger partial charge in [0.1, 0.15) is 23.2 Å². The number of rotatable bonds is 4. The van der Waals surface area contributed by atoms with E-state index in [1.165, 1.54) is 13.8 Å². The number of aryl methyl sites for hydroxylation is 1. The Balaban J connectivity index is 2.47. The molecule has 1 heterocycles. The molecule has 0 aliphatic carbocycles. The molecule has 8 heteroatoms. The summed E-state index contributed by atoms with van der Waals surface area (Å²) in [5, 5.41) is 9.12. The maximum atomic E-state index is 12.9. The van der Waals surface area contributed by atoms with E-state index in [4.69, 9.17) is 9.68 Å². The second kappa shape index (κ2) is 5.61. The molecule has 0 saturated heterocycles. The number of hydrogen-bond donors (Lipinski definition) is 1. The van der Waals surface area contributed by atoms with Gasteiger partial charge in [-0.15, -0.1) is 0 Å². The number of nitrogens with one attached hydrogen (secondary N) is 1. The van der Waals surface area contributed by atoms with Crippen molar-refractivity contribution in [2.24, 2.45) is 0 Å². The lowest BCUT2D eigenvalue weighted by atomic mass is 10.1. The number of furan rings is 1. The summed E-state index contributed by atoms with van der Waals surface area (Å²) in [5.74, 6) is -1.19. The standard InChI is InChI=1S/C14H11FN2O4S/c1-8(18)13-9(2)21-14(12(13)7-16)17-22(19,20)11-5-3-10(15)4-6-11/h3-6,17H,1-2H3. The molecule has 0 fully saturated rings. The highest BCUT2D eigenvalue weighted by molar-refractivity contribution is 7.92. The molecule has 0 aliphatic heterocycles. The summed E-state index contributed by atoms with van der Waals surface area (Å²) in [6, 6.07) is 5.89. The van der Waals surface area contributed by atoms with Gasteiger partial charge in [0, 0.05) is 0 Å². The Morgan fingerprint density at radius 1 is 1.32 bits per heavy atom. The second-order valence-electron chi connectivity index (χ2n) is 4.46. The van der Waals surface area contributed by atoms with Crippen LogP contribution in [0.4, 0.5) is 10.3 Å². The largest absolute Gasteiger partial charge is 0.443 e. The average molecular weight is 322 g/mol. The molecule has 22 heavy (non-hydrogen) atoms. The van der Waals surface area contributed by atoms with E-state index in [0.29, 0.717) is 0 Å². The predicted molar refractivity (Wildman–Crippen MR) is 75.4 cm³/mol. The molecule has 114 valence electrons. The molecule has 0 unspecified atom stereocenters. The summed E-state index contributed by atoms with van der Waals surface area (Å²) in [6.07, 6.45) is 0. The lowest BCUT2D eigenvalue weighted by molar-refractivity contribution is 0.101. The number of halogens is 1. The molecule has 1 N–H and O–H groups in total. The molecule has 1 aromatic heterocycles. The molecule has 6 nitrogen and oxygen atoms in total. The van der Waals surface area contributed by atoms with Gasteiger partial charge in [-0.1, -0.05) is 0 Å². The van der Waals surface area contributed by atoms with Crippen LogP contribution in [0.2, 0.25) is 0 Å². The third-order valence-electron chi connectivity index (χ3n) is 2.90. The highest BCUT2D eigenvalue weighted by Crippen LogP contribution is 2.28. The number of ketones is 1. The van der Waals surface area contributed by atoms with Crippen LogP contribution in [0.5, 0.6) is 0 Å². The highest BCUT2D eigenvalue weighted by atomic mass is 32.2. The van der Waals surface area contributed by atoms with E-state index in [2.05, 4.69) is 4.72 Å². The molecule has 0 aliphatic rings. The minimum Gasteiger partial charge on any atom is -0.443 e. The van der Waals surface area contributed by atoms with Crippen LogP contribution in [0.3, 0.4) is 0 Å². The summed E-state index contributed by atoms with van der Waals surface area (Å²) in [4.78, 5) is 11.3. The number of Topliss-reactive ketones (excluding diaryl/α,β-unsaturated/α-hetero) is 1. The summed E-state index contributed by atoms with van der Waals surface area (Å²) in [7, 11) is -4.06. The van der Waals surface area contributed by atoms with Crippen LogP contribution in [0.1, 0.15) is 28.6 Å². The van der Waals surface area contributed by atoms with Gasteiger partial charge >= 0.3 is 0 Å². The van der Waals surface area contributed by atoms with Crippen molar-refractivity contribution in [1.82, 2.24) is 0 Å². The SMILES string of the molecule is CC(=O)c1c(C)oc(NS(=O)(=O)c2ccc(F)cc2)c1C#N. The van der Waals surface area contributed by atoms with E-state index in [9.17, 15) is 17.6 Å². The fourth-order valence-corrected chi connectivity index (χ4v) is 2.94. The van der Waals surface area contributed by atoms with Gasteiger partial charge in [-0.2, -0.15) is 5.26 Å². The van der Waals surface area contributed by atoms with Gasteiger partial charge in [0.05, 0.1) is 10.5 Å². The molecule has 0 bridgehead atoms. The third kappa shape index (κ3) is 2.84. The van der Waals surface area contributed by atoms with Crippen LogP contribution >= 0.6 is 0 Å². The van der Waals surface area contributed by atoms with Crippen LogP contribution in [-0.4, -0.2) is 14.2 Å². The second-order valence-corrected chi connectivity index (χ2v) is 6.15. The first-order valence-electron chi connectivity index (χ1n) is 6.09. The number of anilines is 1. The Bertz CT molecular complexity index is 877. The zero-order valence-electron chi connectivity index (χ0n) is 11.7. The number of hydrogen-bond acceptors (Lipinski definition) is 5. The van der Waals surface area contributed by atoms with Crippen molar-refractivity contribution in [2.45, 2.75) is 18.7 Å². The molecule has 0 radical (unpaired) electrons. The van der Waals surface area contributed by atoms with Gasteiger partial charge < -0.3 is 4.42 Å². The summed E-state index contributed by atoms with van der Waals surface area (Å²) >= 11 is 0. The summed E-state index contributed by atoms with van der Waals surface area (Å²) in [6.45, 7) is 2.70. The predicted octanol–water partition coefficient (Wildman–Crippen LogP) is 2.60. The molecular weight excluding hydrogens is 311 g/mol. The van der Waals surface area contributed by atoms with Crippen LogP contribution < -0.4 is 4.72 Å². The van der Waals surface area contributed by atoms with E-state index in [-0.39, 0.29) is 27.7 Å². The van der Waals surface area contributed by atoms with Crippen molar-refractivity contribution in [1.29, 1.82) is 5.26 Å².